The molecule has 1 heterocycles. The van der Waals surface area contributed by atoms with Crippen molar-refractivity contribution in [1.82, 2.24) is 9.78 Å². The molecule has 5 heteroatoms. The van der Waals surface area contributed by atoms with Crippen LogP contribution in [0.5, 0.6) is 0 Å². The van der Waals surface area contributed by atoms with Crippen LogP contribution in [0.4, 0.5) is 0 Å². The summed E-state index contributed by atoms with van der Waals surface area (Å²) in [5.41, 5.74) is 1.27. The number of carboxylic acid groups (broad SMARTS) is 1. The Morgan fingerprint density at radius 3 is 2.79 bits per heavy atom. The summed E-state index contributed by atoms with van der Waals surface area (Å²) >= 11 is 0. The van der Waals surface area contributed by atoms with Gasteiger partial charge in [0.05, 0.1) is 19.3 Å². The lowest BCUT2D eigenvalue weighted by atomic mass is 10.2. The van der Waals surface area contributed by atoms with Gasteiger partial charge < -0.3 is 9.84 Å². The molecule has 0 fully saturated rings. The largest absolute Gasteiger partial charge is 0.477 e. The molecule has 0 spiro atoms. The molecule has 0 aliphatic rings. The standard InChI is InChI=1S/C14H16N2O3/c1-11(16-13(14(17)18)7-8-15-16)9-19-10-12-5-3-2-4-6-12/h2-8,11H,9-10H2,1H3,(H,17,18). The van der Waals surface area contributed by atoms with Crippen LogP contribution >= 0.6 is 0 Å². The predicted molar refractivity (Wildman–Crippen MR) is 70.0 cm³/mol. The first kappa shape index (κ1) is 13.3. The SMILES string of the molecule is CC(COCc1ccccc1)n1nccc1C(=O)O. The number of nitrogens with zero attached hydrogens (tertiary/aromatic N) is 2. The molecule has 100 valence electrons. The highest BCUT2D eigenvalue weighted by Crippen LogP contribution is 2.11. The minimum Gasteiger partial charge on any atom is -0.477 e. The molecule has 1 unspecified atom stereocenters. The number of hydrogen-bond donors (Lipinski definition) is 1. The van der Waals surface area contributed by atoms with Crippen molar-refractivity contribution in [1.29, 1.82) is 0 Å². The predicted octanol–water partition coefficient (Wildman–Crippen LogP) is 2.36. The quantitative estimate of drug-likeness (QED) is 0.866. The zero-order chi connectivity index (χ0) is 13.7. The van der Waals surface area contributed by atoms with Crippen molar-refractivity contribution in [2.24, 2.45) is 0 Å². The van der Waals surface area contributed by atoms with Gasteiger partial charge in [0.2, 0.25) is 0 Å². The molecule has 1 atom stereocenters. The molecular formula is C14H16N2O3. The molecule has 0 radical (unpaired) electrons. The van der Waals surface area contributed by atoms with Crippen LogP contribution in [0, 0.1) is 0 Å². The average molecular weight is 260 g/mol. The topological polar surface area (TPSA) is 64.4 Å². The summed E-state index contributed by atoms with van der Waals surface area (Å²) in [6, 6.07) is 11.2. The highest BCUT2D eigenvalue weighted by atomic mass is 16.5. The van der Waals surface area contributed by atoms with E-state index in [0.29, 0.717) is 13.2 Å². The second-order valence-corrected chi connectivity index (χ2v) is 4.32. The number of aromatic carboxylic acids is 1. The Hall–Kier alpha value is -2.14. The minimum atomic E-state index is -0.979. The van der Waals surface area contributed by atoms with Crippen molar-refractivity contribution >= 4 is 5.97 Å². The fourth-order valence-corrected chi connectivity index (χ4v) is 1.83. The number of carboxylic acids is 1. The maximum Gasteiger partial charge on any atom is 0.354 e. The van der Waals surface area contributed by atoms with E-state index in [0.717, 1.165) is 5.56 Å². The van der Waals surface area contributed by atoms with Crippen molar-refractivity contribution in [3.05, 3.63) is 53.9 Å². The number of carbonyl (C=O) groups is 1. The van der Waals surface area contributed by atoms with Crippen molar-refractivity contribution in [3.63, 3.8) is 0 Å². The normalized spacial score (nSPS) is 12.3. The Balaban J connectivity index is 1.89. The van der Waals surface area contributed by atoms with Crippen LogP contribution in [0.3, 0.4) is 0 Å². The third-order valence-electron chi connectivity index (χ3n) is 2.78. The van der Waals surface area contributed by atoms with Gasteiger partial charge in [0, 0.05) is 6.20 Å². The van der Waals surface area contributed by atoms with Crippen molar-refractivity contribution in [2.75, 3.05) is 6.61 Å². The lowest BCUT2D eigenvalue weighted by Gasteiger charge is -2.14. The molecule has 0 aliphatic heterocycles. The zero-order valence-electron chi connectivity index (χ0n) is 10.7. The Bertz CT molecular complexity index is 537. The van der Waals surface area contributed by atoms with Gasteiger partial charge >= 0.3 is 5.97 Å². The molecule has 0 amide bonds. The van der Waals surface area contributed by atoms with Crippen molar-refractivity contribution in [2.45, 2.75) is 19.6 Å². The molecule has 1 aromatic heterocycles. The number of aromatic nitrogens is 2. The van der Waals surface area contributed by atoms with Crippen molar-refractivity contribution < 1.29 is 14.6 Å². The highest BCUT2D eigenvalue weighted by Gasteiger charge is 2.15. The van der Waals surface area contributed by atoms with Crippen LogP contribution in [-0.4, -0.2) is 27.5 Å². The lowest BCUT2D eigenvalue weighted by Crippen LogP contribution is -2.18. The third-order valence-corrected chi connectivity index (χ3v) is 2.78. The van der Waals surface area contributed by atoms with Crippen LogP contribution in [-0.2, 0) is 11.3 Å². The first-order valence-corrected chi connectivity index (χ1v) is 6.07. The van der Waals surface area contributed by atoms with Gasteiger partial charge in [0.25, 0.3) is 0 Å². The van der Waals surface area contributed by atoms with Crippen molar-refractivity contribution in [3.8, 4) is 0 Å². The van der Waals surface area contributed by atoms with E-state index in [1.54, 1.807) is 0 Å². The zero-order valence-corrected chi connectivity index (χ0v) is 10.7. The maximum atomic E-state index is 11.0. The number of hydrogen-bond acceptors (Lipinski definition) is 3. The number of benzene rings is 1. The lowest BCUT2D eigenvalue weighted by molar-refractivity contribution is 0.0657. The van der Waals surface area contributed by atoms with Crippen LogP contribution in [0.2, 0.25) is 0 Å². The second kappa shape index (κ2) is 6.15. The summed E-state index contributed by atoms with van der Waals surface area (Å²) in [6.07, 6.45) is 1.48. The molecular weight excluding hydrogens is 244 g/mol. The highest BCUT2D eigenvalue weighted by molar-refractivity contribution is 5.85. The van der Waals surface area contributed by atoms with Gasteiger partial charge in [-0.1, -0.05) is 30.3 Å². The first-order chi connectivity index (χ1) is 9.18. The fourth-order valence-electron chi connectivity index (χ4n) is 1.83. The van der Waals surface area contributed by atoms with Crippen LogP contribution in [0.1, 0.15) is 29.0 Å². The summed E-state index contributed by atoms with van der Waals surface area (Å²) in [4.78, 5) is 11.0. The van der Waals surface area contributed by atoms with Gasteiger partial charge in [-0.2, -0.15) is 5.10 Å². The van der Waals surface area contributed by atoms with E-state index < -0.39 is 5.97 Å². The maximum absolute atomic E-state index is 11.0. The molecule has 2 aromatic rings. The van der Waals surface area contributed by atoms with Gasteiger partial charge in [0.1, 0.15) is 5.69 Å². The smallest absolute Gasteiger partial charge is 0.354 e. The monoisotopic (exact) mass is 260 g/mol. The van der Waals surface area contributed by atoms with E-state index in [9.17, 15) is 4.79 Å². The molecule has 0 saturated heterocycles. The van der Waals surface area contributed by atoms with E-state index in [4.69, 9.17) is 9.84 Å². The summed E-state index contributed by atoms with van der Waals surface area (Å²) in [7, 11) is 0. The van der Waals surface area contributed by atoms with Crippen LogP contribution < -0.4 is 0 Å². The van der Waals surface area contributed by atoms with Gasteiger partial charge in [-0.05, 0) is 18.6 Å². The van der Waals surface area contributed by atoms with Crippen LogP contribution in [0.15, 0.2) is 42.6 Å². The average Bonchev–Trinajstić information content (AvgIpc) is 2.89. The number of rotatable bonds is 6. The summed E-state index contributed by atoms with van der Waals surface area (Å²) in [5, 5.41) is 13.0. The van der Waals surface area contributed by atoms with E-state index in [1.165, 1.54) is 16.9 Å². The molecule has 5 nitrogen and oxygen atoms in total. The fraction of sp³-hybridized carbons (Fsp3) is 0.286. The first-order valence-electron chi connectivity index (χ1n) is 6.07. The minimum absolute atomic E-state index is 0.121. The van der Waals surface area contributed by atoms with Gasteiger partial charge in [-0.15, -0.1) is 0 Å². The summed E-state index contributed by atoms with van der Waals surface area (Å²) in [5.74, 6) is -0.979. The molecule has 0 saturated carbocycles. The molecule has 2 rings (SSSR count). The number of ether oxygens (including phenoxy) is 1. The Kier molecular flexibility index (Phi) is 4.30. The van der Waals surface area contributed by atoms with E-state index in [2.05, 4.69) is 5.10 Å². The van der Waals surface area contributed by atoms with E-state index in [-0.39, 0.29) is 11.7 Å². The van der Waals surface area contributed by atoms with Gasteiger partial charge in [0.15, 0.2) is 0 Å². The summed E-state index contributed by atoms with van der Waals surface area (Å²) < 4.78 is 7.05. The molecule has 19 heavy (non-hydrogen) atoms. The van der Waals surface area contributed by atoms with Crippen LogP contribution in [0.25, 0.3) is 0 Å². The van der Waals surface area contributed by atoms with E-state index in [1.807, 2.05) is 37.3 Å². The Morgan fingerprint density at radius 2 is 2.11 bits per heavy atom. The van der Waals surface area contributed by atoms with Gasteiger partial charge in [-0.25, -0.2) is 4.79 Å². The second-order valence-electron chi connectivity index (χ2n) is 4.32. The Labute approximate surface area is 111 Å². The molecule has 0 aliphatic carbocycles. The van der Waals surface area contributed by atoms with E-state index >= 15 is 0 Å². The third kappa shape index (κ3) is 3.42. The van der Waals surface area contributed by atoms with Gasteiger partial charge in [-0.3, -0.25) is 4.68 Å². The summed E-state index contributed by atoms with van der Waals surface area (Å²) in [6.45, 7) is 2.80. The Morgan fingerprint density at radius 1 is 1.37 bits per heavy atom. The molecule has 1 N–H and O–H groups in total. The molecule has 0 bridgehead atoms. The molecule has 1 aromatic carbocycles.